The number of ether oxygens (including phenoxy) is 1. The standard InChI is InChI=1S/C18H14N2O3/c1-22-18(21)13-6-4-5-12-9-10-20(17(12)13)11-16-19-14-7-2-3-8-15(14)23-16/h2-10H,11H2,1H3. The number of carbonyl (C=O) groups excluding carboxylic acids is 1. The highest BCUT2D eigenvalue weighted by Crippen LogP contribution is 2.23. The van der Waals surface area contributed by atoms with Gasteiger partial charge in [-0.2, -0.15) is 0 Å². The summed E-state index contributed by atoms with van der Waals surface area (Å²) >= 11 is 0. The first-order chi connectivity index (χ1) is 11.3. The molecule has 5 heteroatoms. The normalized spacial score (nSPS) is 11.2. The molecular formula is C18H14N2O3. The van der Waals surface area contributed by atoms with Crippen molar-refractivity contribution in [1.82, 2.24) is 9.55 Å². The van der Waals surface area contributed by atoms with Gasteiger partial charge in [0.1, 0.15) is 5.52 Å². The number of rotatable bonds is 3. The highest BCUT2D eigenvalue weighted by molar-refractivity contribution is 6.03. The Morgan fingerprint density at radius 1 is 1.17 bits per heavy atom. The SMILES string of the molecule is COC(=O)c1cccc2ccn(Cc3nc4ccccc4o3)c12. The lowest BCUT2D eigenvalue weighted by atomic mass is 10.1. The molecule has 4 rings (SSSR count). The monoisotopic (exact) mass is 306 g/mol. The maximum atomic E-state index is 12.0. The average Bonchev–Trinajstić information content (AvgIpc) is 3.18. The van der Waals surface area contributed by atoms with Gasteiger partial charge in [-0.05, 0) is 24.3 Å². The van der Waals surface area contributed by atoms with Crippen LogP contribution in [0.3, 0.4) is 0 Å². The molecule has 0 aliphatic heterocycles. The Morgan fingerprint density at radius 2 is 2.04 bits per heavy atom. The predicted molar refractivity (Wildman–Crippen MR) is 86.4 cm³/mol. The number of para-hydroxylation sites is 3. The number of hydrogen-bond donors (Lipinski definition) is 0. The smallest absolute Gasteiger partial charge is 0.340 e. The molecule has 5 nitrogen and oxygen atoms in total. The molecule has 0 spiro atoms. The number of carbonyl (C=O) groups is 1. The van der Waals surface area contributed by atoms with E-state index in [1.54, 1.807) is 6.07 Å². The van der Waals surface area contributed by atoms with E-state index in [-0.39, 0.29) is 5.97 Å². The van der Waals surface area contributed by atoms with E-state index in [2.05, 4.69) is 4.98 Å². The molecular weight excluding hydrogens is 292 g/mol. The first-order valence-corrected chi connectivity index (χ1v) is 7.27. The van der Waals surface area contributed by atoms with Gasteiger partial charge < -0.3 is 13.7 Å². The molecule has 0 saturated carbocycles. The van der Waals surface area contributed by atoms with E-state index in [0.29, 0.717) is 18.0 Å². The lowest BCUT2D eigenvalue weighted by Crippen LogP contribution is -2.06. The van der Waals surface area contributed by atoms with Crippen LogP contribution in [0.1, 0.15) is 16.2 Å². The number of oxazole rings is 1. The first-order valence-electron chi connectivity index (χ1n) is 7.27. The Morgan fingerprint density at radius 3 is 2.87 bits per heavy atom. The van der Waals surface area contributed by atoms with E-state index in [1.807, 2.05) is 53.2 Å². The van der Waals surface area contributed by atoms with E-state index in [9.17, 15) is 4.79 Å². The van der Waals surface area contributed by atoms with Crippen LogP contribution >= 0.6 is 0 Å². The minimum Gasteiger partial charge on any atom is -0.465 e. The Hall–Kier alpha value is -3.08. The Labute approximate surface area is 132 Å². The average molecular weight is 306 g/mol. The summed E-state index contributed by atoms with van der Waals surface area (Å²) in [6.07, 6.45) is 1.92. The van der Waals surface area contributed by atoms with E-state index >= 15 is 0 Å². The third-order valence-corrected chi connectivity index (χ3v) is 3.84. The van der Waals surface area contributed by atoms with Crippen LogP contribution in [0.5, 0.6) is 0 Å². The minimum absolute atomic E-state index is 0.354. The summed E-state index contributed by atoms with van der Waals surface area (Å²) in [6, 6.07) is 15.2. The lowest BCUT2D eigenvalue weighted by Gasteiger charge is -2.06. The number of hydrogen-bond acceptors (Lipinski definition) is 4. The van der Waals surface area contributed by atoms with Gasteiger partial charge in [-0.3, -0.25) is 0 Å². The fourth-order valence-corrected chi connectivity index (χ4v) is 2.80. The van der Waals surface area contributed by atoms with Crippen LogP contribution in [0.25, 0.3) is 22.0 Å². The molecule has 0 amide bonds. The third kappa shape index (κ3) is 2.26. The topological polar surface area (TPSA) is 57.3 Å². The van der Waals surface area contributed by atoms with Crippen LogP contribution in [0.15, 0.2) is 59.1 Å². The molecule has 2 aromatic heterocycles. The number of benzene rings is 2. The van der Waals surface area contributed by atoms with Crippen molar-refractivity contribution in [3.63, 3.8) is 0 Å². The van der Waals surface area contributed by atoms with E-state index in [0.717, 1.165) is 22.0 Å². The largest absolute Gasteiger partial charge is 0.465 e. The van der Waals surface area contributed by atoms with Gasteiger partial charge in [0.2, 0.25) is 5.89 Å². The molecule has 0 N–H and O–H groups in total. The molecule has 0 fully saturated rings. The molecule has 0 unspecified atom stereocenters. The van der Waals surface area contributed by atoms with E-state index < -0.39 is 0 Å². The second-order valence-electron chi connectivity index (χ2n) is 5.25. The summed E-state index contributed by atoms with van der Waals surface area (Å²) in [6.45, 7) is 0.451. The second kappa shape index (κ2) is 5.28. The van der Waals surface area contributed by atoms with Crippen molar-refractivity contribution in [2.24, 2.45) is 0 Å². The van der Waals surface area contributed by atoms with Gasteiger partial charge in [0.05, 0.1) is 24.7 Å². The van der Waals surface area contributed by atoms with Crippen molar-refractivity contribution in [3.05, 3.63) is 66.2 Å². The molecule has 0 saturated heterocycles. The van der Waals surface area contributed by atoms with Gasteiger partial charge in [-0.1, -0.05) is 24.3 Å². The molecule has 2 heterocycles. The highest BCUT2D eigenvalue weighted by Gasteiger charge is 2.15. The number of fused-ring (bicyclic) bond motifs is 2. The van der Waals surface area contributed by atoms with Crippen molar-refractivity contribution in [2.45, 2.75) is 6.54 Å². The van der Waals surface area contributed by atoms with E-state index in [4.69, 9.17) is 9.15 Å². The molecule has 0 aliphatic rings. The highest BCUT2D eigenvalue weighted by atomic mass is 16.5. The quantitative estimate of drug-likeness (QED) is 0.542. The molecule has 114 valence electrons. The minimum atomic E-state index is -0.354. The summed E-state index contributed by atoms with van der Waals surface area (Å²) in [5.74, 6) is 0.247. The van der Waals surface area contributed by atoms with Crippen LogP contribution in [0.4, 0.5) is 0 Å². The number of methoxy groups -OCH3 is 1. The van der Waals surface area contributed by atoms with E-state index in [1.165, 1.54) is 7.11 Å². The van der Waals surface area contributed by atoms with Crippen LogP contribution in [-0.2, 0) is 11.3 Å². The van der Waals surface area contributed by atoms with Crippen LogP contribution in [-0.4, -0.2) is 22.6 Å². The molecule has 0 bridgehead atoms. The van der Waals surface area contributed by atoms with Gasteiger partial charge in [0.25, 0.3) is 0 Å². The summed E-state index contributed by atoms with van der Waals surface area (Å²) in [5, 5.41) is 0.976. The zero-order valence-electron chi connectivity index (χ0n) is 12.5. The molecule has 0 radical (unpaired) electrons. The summed E-state index contributed by atoms with van der Waals surface area (Å²) in [4.78, 5) is 16.5. The predicted octanol–water partition coefficient (Wildman–Crippen LogP) is 3.62. The molecule has 2 aromatic carbocycles. The van der Waals surface area contributed by atoms with Crippen molar-refractivity contribution in [1.29, 1.82) is 0 Å². The number of aromatic nitrogens is 2. The van der Waals surface area contributed by atoms with Crippen molar-refractivity contribution in [2.75, 3.05) is 7.11 Å². The van der Waals surface area contributed by atoms with Gasteiger partial charge in [0, 0.05) is 11.6 Å². The number of nitrogens with zero attached hydrogens (tertiary/aromatic N) is 2. The molecule has 4 aromatic rings. The van der Waals surface area contributed by atoms with Crippen molar-refractivity contribution in [3.8, 4) is 0 Å². The zero-order valence-corrected chi connectivity index (χ0v) is 12.5. The lowest BCUT2D eigenvalue weighted by molar-refractivity contribution is 0.0602. The van der Waals surface area contributed by atoms with Gasteiger partial charge >= 0.3 is 5.97 Å². The summed E-state index contributed by atoms with van der Waals surface area (Å²) < 4.78 is 12.6. The first kappa shape index (κ1) is 13.6. The third-order valence-electron chi connectivity index (χ3n) is 3.84. The maximum Gasteiger partial charge on any atom is 0.340 e. The summed E-state index contributed by atoms with van der Waals surface area (Å²) in [5.41, 5.74) is 2.94. The van der Waals surface area contributed by atoms with Crippen LogP contribution < -0.4 is 0 Å². The van der Waals surface area contributed by atoms with Crippen molar-refractivity contribution >= 4 is 28.0 Å². The maximum absolute atomic E-state index is 12.0. The fraction of sp³-hybridized carbons (Fsp3) is 0.111. The van der Waals surface area contributed by atoms with Crippen LogP contribution in [0, 0.1) is 0 Å². The second-order valence-corrected chi connectivity index (χ2v) is 5.25. The Kier molecular flexibility index (Phi) is 3.12. The molecule has 0 atom stereocenters. The summed E-state index contributed by atoms with van der Waals surface area (Å²) in [7, 11) is 1.38. The number of esters is 1. The Bertz CT molecular complexity index is 980. The zero-order chi connectivity index (χ0) is 15.8. The van der Waals surface area contributed by atoms with Crippen molar-refractivity contribution < 1.29 is 13.9 Å². The molecule has 0 aliphatic carbocycles. The van der Waals surface area contributed by atoms with Crippen LogP contribution in [0.2, 0.25) is 0 Å². The van der Waals surface area contributed by atoms with Gasteiger partial charge in [-0.25, -0.2) is 9.78 Å². The molecule has 23 heavy (non-hydrogen) atoms. The Balaban J connectivity index is 1.81. The fourth-order valence-electron chi connectivity index (χ4n) is 2.80. The van der Waals surface area contributed by atoms with Gasteiger partial charge in [-0.15, -0.1) is 0 Å². The van der Waals surface area contributed by atoms with Gasteiger partial charge in [0.15, 0.2) is 5.58 Å².